The van der Waals surface area contributed by atoms with E-state index in [-0.39, 0.29) is 0 Å². The summed E-state index contributed by atoms with van der Waals surface area (Å²) in [5, 5.41) is 9.86. The Hall–Kier alpha value is -4.37. The molecule has 0 fully saturated rings. The maximum atomic E-state index is 9.81. The number of hydrogen-bond donors (Lipinski definition) is 3. The molecule has 0 aliphatic rings. The molecule has 3 N–H and O–H groups in total. The lowest BCUT2D eigenvalue weighted by atomic mass is 10.1. The molecule has 0 saturated carbocycles. The first kappa shape index (κ1) is 30.9. The van der Waals surface area contributed by atoms with Gasteiger partial charge in [-0.15, -0.1) is 0 Å². The minimum Gasteiger partial charge on any atom is -0.496 e. The number of fused-ring (bicyclic) bond motifs is 1. The van der Waals surface area contributed by atoms with E-state index in [4.69, 9.17) is 9.47 Å². The fourth-order valence-electron chi connectivity index (χ4n) is 3.61. The molecule has 0 bridgehead atoms. The largest absolute Gasteiger partial charge is 0.496 e. The third-order valence-corrected chi connectivity index (χ3v) is 5.61. The number of benzene rings is 2. The average Bonchev–Trinajstić information content (AvgIpc) is 2.95. The lowest BCUT2D eigenvalue weighted by Gasteiger charge is -2.14. The smallest absolute Gasteiger partial charge is 0.211 e. The van der Waals surface area contributed by atoms with Gasteiger partial charge in [0.15, 0.2) is 0 Å². The number of aromatic nitrogens is 2. The van der Waals surface area contributed by atoms with Crippen LogP contribution in [0.1, 0.15) is 12.0 Å². The minimum atomic E-state index is 0.594. The van der Waals surface area contributed by atoms with E-state index in [9.17, 15) is 4.79 Å². The molecule has 1 aromatic heterocycles. The van der Waals surface area contributed by atoms with Crippen LogP contribution >= 0.6 is 0 Å². The van der Waals surface area contributed by atoms with E-state index in [1.807, 2.05) is 19.2 Å². The first-order chi connectivity index (χ1) is 18.9. The van der Waals surface area contributed by atoms with Gasteiger partial charge < -0.3 is 30.3 Å². The number of carbonyl (C=O) groups excluding carboxylic acids is 1. The summed E-state index contributed by atoms with van der Waals surface area (Å²) in [4.78, 5) is 20.8. The maximum Gasteiger partial charge on any atom is 0.211 e. The SMILES string of the molecule is C=C/C=C(\C=C)NC=O.CNc1ccc(CCNc2ncnc3cc(OCCCN(C)C)cc(OC)c23)cc1. The van der Waals surface area contributed by atoms with Gasteiger partial charge in [-0.25, -0.2) is 9.97 Å². The number of nitrogens with one attached hydrogen (secondary N) is 3. The Balaban J connectivity index is 0.000000510. The van der Waals surface area contributed by atoms with Gasteiger partial charge in [-0.1, -0.05) is 31.4 Å². The number of ether oxygens (including phenoxy) is 2. The van der Waals surface area contributed by atoms with Gasteiger partial charge in [0.1, 0.15) is 23.6 Å². The summed E-state index contributed by atoms with van der Waals surface area (Å²) in [7, 11) is 7.69. The van der Waals surface area contributed by atoms with Crippen LogP contribution in [-0.4, -0.2) is 69.2 Å². The number of carbonyl (C=O) groups is 1. The maximum absolute atomic E-state index is 9.81. The van der Waals surface area contributed by atoms with Gasteiger partial charge in [0.25, 0.3) is 0 Å². The van der Waals surface area contributed by atoms with Crippen molar-refractivity contribution in [2.75, 3.05) is 58.6 Å². The lowest BCUT2D eigenvalue weighted by Crippen LogP contribution is -2.15. The molecule has 0 radical (unpaired) electrons. The van der Waals surface area contributed by atoms with Gasteiger partial charge >= 0.3 is 0 Å². The number of anilines is 2. The average molecular weight is 533 g/mol. The Morgan fingerprint density at radius 2 is 1.90 bits per heavy atom. The molecule has 2 aromatic carbocycles. The van der Waals surface area contributed by atoms with E-state index < -0.39 is 0 Å². The number of rotatable bonds is 15. The molecule has 0 aliphatic heterocycles. The molecule has 208 valence electrons. The van der Waals surface area contributed by atoms with Gasteiger partial charge in [-0.2, -0.15) is 0 Å². The fourth-order valence-corrected chi connectivity index (χ4v) is 3.61. The second-order valence-electron chi connectivity index (χ2n) is 8.69. The highest BCUT2D eigenvalue weighted by atomic mass is 16.5. The molecule has 3 rings (SSSR count). The Kier molecular flexibility index (Phi) is 13.6. The van der Waals surface area contributed by atoms with Crippen molar-refractivity contribution in [3.05, 3.63) is 85.4 Å². The van der Waals surface area contributed by atoms with Crippen LogP contribution in [0.3, 0.4) is 0 Å². The lowest BCUT2D eigenvalue weighted by molar-refractivity contribution is -0.108. The summed E-state index contributed by atoms with van der Waals surface area (Å²) in [6, 6.07) is 12.3. The fraction of sp³-hybridized carbons (Fsp3) is 0.300. The number of allylic oxidation sites excluding steroid dienone is 3. The highest BCUT2D eigenvalue weighted by Gasteiger charge is 2.12. The molecule has 3 aromatic rings. The third-order valence-electron chi connectivity index (χ3n) is 5.61. The third kappa shape index (κ3) is 10.5. The van der Waals surface area contributed by atoms with Crippen LogP contribution < -0.4 is 25.4 Å². The van der Waals surface area contributed by atoms with Crippen LogP contribution in [-0.2, 0) is 11.2 Å². The molecule has 1 heterocycles. The predicted octanol–water partition coefficient (Wildman–Crippen LogP) is 4.65. The van der Waals surface area contributed by atoms with Crippen molar-refractivity contribution in [3.63, 3.8) is 0 Å². The normalized spacial score (nSPS) is 10.7. The molecule has 1 amide bonds. The van der Waals surface area contributed by atoms with Gasteiger partial charge in [0.05, 0.1) is 24.6 Å². The molecule has 39 heavy (non-hydrogen) atoms. The van der Waals surface area contributed by atoms with Crippen molar-refractivity contribution in [1.29, 1.82) is 0 Å². The highest BCUT2D eigenvalue weighted by molar-refractivity contribution is 5.95. The molecule has 0 atom stereocenters. The van der Waals surface area contributed by atoms with E-state index in [0.29, 0.717) is 24.5 Å². The minimum absolute atomic E-state index is 0.594. The van der Waals surface area contributed by atoms with Gasteiger partial charge in [0.2, 0.25) is 6.41 Å². The number of nitrogens with zero attached hydrogens (tertiary/aromatic N) is 3. The van der Waals surface area contributed by atoms with E-state index >= 15 is 0 Å². The van der Waals surface area contributed by atoms with Crippen LogP contribution in [0.4, 0.5) is 11.5 Å². The number of methoxy groups -OCH3 is 1. The van der Waals surface area contributed by atoms with Crippen LogP contribution in [0.2, 0.25) is 0 Å². The van der Waals surface area contributed by atoms with E-state index in [0.717, 1.165) is 54.1 Å². The summed E-state index contributed by atoms with van der Waals surface area (Å²) >= 11 is 0. The first-order valence-electron chi connectivity index (χ1n) is 12.7. The number of amides is 1. The second kappa shape index (κ2) is 17.2. The van der Waals surface area contributed by atoms with Gasteiger partial charge in [-0.3, -0.25) is 4.79 Å². The van der Waals surface area contributed by atoms with Crippen LogP contribution in [0.25, 0.3) is 10.9 Å². The molecule has 9 nitrogen and oxygen atoms in total. The molecular weight excluding hydrogens is 492 g/mol. The van der Waals surface area contributed by atoms with Crippen molar-refractivity contribution >= 4 is 28.8 Å². The summed E-state index contributed by atoms with van der Waals surface area (Å²) in [6.07, 6.45) is 8.79. The summed E-state index contributed by atoms with van der Waals surface area (Å²) < 4.78 is 11.5. The Morgan fingerprint density at radius 3 is 2.51 bits per heavy atom. The Morgan fingerprint density at radius 1 is 1.13 bits per heavy atom. The zero-order chi connectivity index (χ0) is 28.5. The number of hydrogen-bond acceptors (Lipinski definition) is 8. The first-order valence-corrected chi connectivity index (χ1v) is 12.7. The molecule has 0 saturated heterocycles. The molecule has 0 spiro atoms. The van der Waals surface area contributed by atoms with Crippen LogP contribution in [0.5, 0.6) is 11.5 Å². The topological polar surface area (TPSA) is 101 Å². The van der Waals surface area contributed by atoms with E-state index in [1.165, 1.54) is 11.6 Å². The zero-order valence-corrected chi connectivity index (χ0v) is 23.4. The quantitative estimate of drug-likeness (QED) is 0.148. The van der Waals surface area contributed by atoms with Gasteiger partial charge in [-0.05, 0) is 56.8 Å². The second-order valence-corrected chi connectivity index (χ2v) is 8.69. The van der Waals surface area contributed by atoms with E-state index in [2.05, 4.69) is 82.3 Å². The zero-order valence-electron chi connectivity index (χ0n) is 23.4. The highest BCUT2D eigenvalue weighted by Crippen LogP contribution is 2.34. The molecule has 9 heteroatoms. The molecule has 0 aliphatic carbocycles. The summed E-state index contributed by atoms with van der Waals surface area (Å²) in [5.74, 6) is 2.23. The van der Waals surface area contributed by atoms with Gasteiger partial charge in [0, 0.05) is 43.7 Å². The summed E-state index contributed by atoms with van der Waals surface area (Å²) in [5.41, 5.74) is 3.83. The van der Waals surface area contributed by atoms with Crippen molar-refractivity contribution in [1.82, 2.24) is 20.2 Å². The Bertz CT molecular complexity index is 1230. The van der Waals surface area contributed by atoms with Crippen molar-refractivity contribution in [2.45, 2.75) is 12.8 Å². The van der Waals surface area contributed by atoms with Crippen molar-refractivity contribution < 1.29 is 14.3 Å². The predicted molar refractivity (Wildman–Crippen MR) is 161 cm³/mol. The van der Waals surface area contributed by atoms with Crippen molar-refractivity contribution in [3.8, 4) is 11.5 Å². The van der Waals surface area contributed by atoms with Crippen LogP contribution in [0, 0.1) is 0 Å². The molecule has 0 unspecified atom stereocenters. The standard InChI is InChI=1S/C23H31N5O2.C7H9NO/c1-24-18-8-6-17(7-9-18)10-11-25-23-22-20(26-16-27-23)14-19(15-21(22)29-4)30-13-5-12-28(2)3;1-3-5-7(4-2)8-6-9/h6-9,14-16,24H,5,10-13H2,1-4H3,(H,25,26,27);3-6H,1-2H2,(H,8,9)/b;7-5+. The van der Waals surface area contributed by atoms with Crippen LogP contribution in [0.15, 0.2) is 79.8 Å². The monoisotopic (exact) mass is 532 g/mol. The summed E-state index contributed by atoms with van der Waals surface area (Å²) in [6.45, 7) is 9.31. The van der Waals surface area contributed by atoms with Crippen molar-refractivity contribution in [2.24, 2.45) is 0 Å². The molecular formula is C30H40N6O3. The Labute approximate surface area is 231 Å². The van der Waals surface area contributed by atoms with E-state index in [1.54, 1.807) is 25.6 Å².